The largest absolute Gasteiger partial charge is 0.478 e. The van der Waals surface area contributed by atoms with Gasteiger partial charge < -0.3 is 10.4 Å². The summed E-state index contributed by atoms with van der Waals surface area (Å²) in [6, 6.07) is 9.90. The Morgan fingerprint density at radius 1 is 1.22 bits per heavy atom. The minimum Gasteiger partial charge on any atom is -0.478 e. The van der Waals surface area contributed by atoms with Crippen LogP contribution in [0.25, 0.3) is 0 Å². The Kier molecular flexibility index (Phi) is 6.87. The molecule has 0 aliphatic carbocycles. The molecular formula is C21H18F3N3O4S. The summed E-state index contributed by atoms with van der Waals surface area (Å²) in [4.78, 5) is 41.5. The number of anilines is 2. The van der Waals surface area contributed by atoms with Crippen LogP contribution < -0.4 is 10.2 Å². The van der Waals surface area contributed by atoms with E-state index in [1.54, 1.807) is 6.92 Å². The molecule has 1 atom stereocenters. The fourth-order valence-electron chi connectivity index (χ4n) is 3.00. The second kappa shape index (κ2) is 9.43. The summed E-state index contributed by atoms with van der Waals surface area (Å²) in [5.41, 5.74) is -0.418. The zero-order valence-electron chi connectivity index (χ0n) is 16.7. The van der Waals surface area contributed by atoms with Gasteiger partial charge >= 0.3 is 12.1 Å². The molecule has 1 heterocycles. The predicted molar refractivity (Wildman–Crippen MR) is 115 cm³/mol. The smallest absolute Gasteiger partial charge is 0.416 e. The van der Waals surface area contributed by atoms with Gasteiger partial charge in [0.05, 0.1) is 16.8 Å². The number of imide groups is 1. The summed E-state index contributed by atoms with van der Waals surface area (Å²) < 4.78 is 38.9. The number of carboxylic acids is 1. The van der Waals surface area contributed by atoms with E-state index in [0.29, 0.717) is 6.54 Å². The molecule has 1 aliphatic rings. The van der Waals surface area contributed by atoms with Crippen molar-refractivity contribution < 1.29 is 32.7 Å². The van der Waals surface area contributed by atoms with Gasteiger partial charge in [-0.25, -0.2) is 9.69 Å². The number of carbonyl (C=O) groups excluding carboxylic acids is 2. The first-order chi connectivity index (χ1) is 15.1. The van der Waals surface area contributed by atoms with Crippen molar-refractivity contribution in [3.05, 3.63) is 59.7 Å². The van der Waals surface area contributed by atoms with Crippen molar-refractivity contribution in [3.8, 4) is 0 Å². The van der Waals surface area contributed by atoms with E-state index in [1.807, 2.05) is 0 Å². The van der Waals surface area contributed by atoms with Crippen LogP contribution in [0, 0.1) is 0 Å². The van der Waals surface area contributed by atoms with Gasteiger partial charge in [-0.2, -0.15) is 13.2 Å². The molecule has 0 aromatic heterocycles. The predicted octanol–water partition coefficient (Wildman–Crippen LogP) is 4.26. The van der Waals surface area contributed by atoms with Crippen molar-refractivity contribution in [1.82, 2.24) is 0 Å². The lowest BCUT2D eigenvalue weighted by Gasteiger charge is -2.16. The average Bonchev–Trinajstić information content (AvgIpc) is 3.00. The van der Waals surface area contributed by atoms with Crippen molar-refractivity contribution in [2.45, 2.75) is 24.8 Å². The van der Waals surface area contributed by atoms with E-state index in [2.05, 4.69) is 10.3 Å². The van der Waals surface area contributed by atoms with Gasteiger partial charge in [-0.1, -0.05) is 17.8 Å². The van der Waals surface area contributed by atoms with Crippen LogP contribution in [0.1, 0.15) is 29.3 Å². The summed E-state index contributed by atoms with van der Waals surface area (Å²) in [6.45, 7) is 2.04. The van der Waals surface area contributed by atoms with Gasteiger partial charge in [0.2, 0.25) is 11.8 Å². The van der Waals surface area contributed by atoms with Crippen molar-refractivity contribution >= 4 is 46.1 Å². The van der Waals surface area contributed by atoms with Crippen LogP contribution in [0.4, 0.5) is 24.5 Å². The molecule has 0 bridgehead atoms. The fourth-order valence-corrected chi connectivity index (χ4v) is 4.08. The van der Waals surface area contributed by atoms with Crippen LogP contribution in [0.5, 0.6) is 0 Å². The molecule has 3 rings (SSSR count). The number of amidine groups is 1. The Hall–Kier alpha value is -3.34. The molecule has 1 saturated heterocycles. The molecule has 7 nitrogen and oxygen atoms in total. The number of alkyl halides is 3. The van der Waals surface area contributed by atoms with E-state index >= 15 is 0 Å². The number of hydrogen-bond donors (Lipinski definition) is 2. The second-order valence-electron chi connectivity index (χ2n) is 6.71. The number of amides is 2. The van der Waals surface area contributed by atoms with E-state index in [-0.39, 0.29) is 28.5 Å². The maximum Gasteiger partial charge on any atom is 0.416 e. The molecule has 0 saturated carbocycles. The number of thioether (sulfide) groups is 1. The van der Waals surface area contributed by atoms with Gasteiger partial charge in [0.25, 0.3) is 0 Å². The van der Waals surface area contributed by atoms with Crippen LogP contribution >= 0.6 is 11.8 Å². The van der Waals surface area contributed by atoms with E-state index in [4.69, 9.17) is 5.11 Å². The molecule has 1 aliphatic heterocycles. The minimum absolute atomic E-state index is 0.0152. The summed E-state index contributed by atoms with van der Waals surface area (Å²) in [7, 11) is 0. The Morgan fingerprint density at radius 3 is 2.50 bits per heavy atom. The Bertz CT molecular complexity index is 1070. The van der Waals surface area contributed by atoms with Gasteiger partial charge in [-0.3, -0.25) is 14.6 Å². The first-order valence-electron chi connectivity index (χ1n) is 9.45. The summed E-state index contributed by atoms with van der Waals surface area (Å²) >= 11 is 0.955. The molecule has 2 N–H and O–H groups in total. The first-order valence-corrected chi connectivity index (χ1v) is 10.3. The van der Waals surface area contributed by atoms with Gasteiger partial charge in [-0.15, -0.1) is 0 Å². The lowest BCUT2D eigenvalue weighted by molar-refractivity contribution is -0.137. The third kappa shape index (κ3) is 5.28. The van der Waals surface area contributed by atoms with Crippen molar-refractivity contribution in [1.29, 1.82) is 0 Å². The standard InChI is InChI=1S/C21H18F3N3O4S/c1-2-25-20(26-14-5-3-4-13(10-14)21(22,23)24)32-16-11-17(28)27(18(16)29)15-8-6-12(7-9-15)19(30)31/h3-10,16H,2,11H2,1H3,(H,25,26)(H,30,31). The minimum atomic E-state index is -4.50. The number of aliphatic imine (C=N–C) groups is 1. The Balaban J connectivity index is 1.76. The van der Waals surface area contributed by atoms with Crippen molar-refractivity contribution in [2.75, 3.05) is 16.8 Å². The maximum absolute atomic E-state index is 13.0. The van der Waals surface area contributed by atoms with Gasteiger partial charge in [0.15, 0.2) is 5.17 Å². The lowest BCUT2D eigenvalue weighted by Crippen LogP contribution is -2.31. The number of benzene rings is 2. The number of halogens is 3. The third-order valence-electron chi connectivity index (χ3n) is 4.47. The summed E-state index contributed by atoms with van der Waals surface area (Å²) in [5.74, 6) is -2.12. The summed E-state index contributed by atoms with van der Waals surface area (Å²) in [5, 5.41) is 11.2. The molecule has 168 valence electrons. The SMILES string of the molecule is CCN=C(Nc1cccc(C(F)(F)F)c1)SC1CC(=O)N(c2ccc(C(=O)O)cc2)C1=O. The molecule has 1 unspecified atom stereocenters. The van der Waals surface area contributed by atoms with Crippen LogP contribution in [0.3, 0.4) is 0 Å². The van der Waals surface area contributed by atoms with Gasteiger partial charge in [0.1, 0.15) is 5.25 Å². The average molecular weight is 465 g/mol. The highest BCUT2D eigenvalue weighted by Gasteiger charge is 2.41. The third-order valence-corrected chi connectivity index (χ3v) is 5.58. The van der Waals surface area contributed by atoms with Crippen LogP contribution in [0.15, 0.2) is 53.5 Å². The van der Waals surface area contributed by atoms with Crippen molar-refractivity contribution in [2.24, 2.45) is 4.99 Å². The monoisotopic (exact) mass is 465 g/mol. The zero-order valence-corrected chi connectivity index (χ0v) is 17.5. The normalized spacial score (nSPS) is 17.1. The lowest BCUT2D eigenvalue weighted by atomic mass is 10.2. The maximum atomic E-state index is 13.0. The number of carboxylic acid groups (broad SMARTS) is 1. The number of nitrogens with one attached hydrogen (secondary N) is 1. The number of carbonyl (C=O) groups is 3. The number of rotatable bonds is 5. The molecule has 2 aromatic rings. The van der Waals surface area contributed by atoms with Crippen LogP contribution in [-0.4, -0.2) is 39.9 Å². The van der Waals surface area contributed by atoms with E-state index < -0.39 is 34.8 Å². The van der Waals surface area contributed by atoms with Gasteiger partial charge in [-0.05, 0) is 49.4 Å². The Morgan fingerprint density at radius 2 is 1.91 bits per heavy atom. The highest BCUT2D eigenvalue weighted by atomic mass is 32.2. The molecule has 2 amide bonds. The zero-order chi connectivity index (χ0) is 23.5. The molecule has 11 heteroatoms. The second-order valence-corrected chi connectivity index (χ2v) is 7.90. The topological polar surface area (TPSA) is 99.1 Å². The molecule has 0 spiro atoms. The van der Waals surface area contributed by atoms with Gasteiger partial charge in [0, 0.05) is 18.7 Å². The van der Waals surface area contributed by atoms with Crippen molar-refractivity contribution in [3.63, 3.8) is 0 Å². The Labute approximate surface area is 185 Å². The van der Waals surface area contributed by atoms with E-state index in [0.717, 1.165) is 28.8 Å². The summed E-state index contributed by atoms with van der Waals surface area (Å²) in [6.07, 6.45) is -4.63. The molecule has 2 aromatic carbocycles. The van der Waals surface area contributed by atoms with Crippen LogP contribution in [-0.2, 0) is 15.8 Å². The number of nitrogens with zero attached hydrogens (tertiary/aromatic N) is 2. The fraction of sp³-hybridized carbons (Fsp3) is 0.238. The number of hydrogen-bond acceptors (Lipinski definition) is 5. The molecule has 1 fully saturated rings. The quantitative estimate of drug-likeness (QED) is 0.389. The van der Waals surface area contributed by atoms with E-state index in [1.165, 1.54) is 36.4 Å². The number of aromatic carboxylic acids is 1. The highest BCUT2D eigenvalue weighted by molar-refractivity contribution is 8.15. The first kappa shape index (κ1) is 23.3. The molecular weight excluding hydrogens is 447 g/mol. The molecule has 32 heavy (non-hydrogen) atoms. The van der Waals surface area contributed by atoms with E-state index in [9.17, 15) is 27.6 Å². The van der Waals surface area contributed by atoms with Crippen LogP contribution in [0.2, 0.25) is 0 Å². The highest BCUT2D eigenvalue weighted by Crippen LogP contribution is 2.33. The molecule has 0 radical (unpaired) electrons.